The second-order valence-corrected chi connectivity index (χ2v) is 3.26. The van der Waals surface area contributed by atoms with Crippen molar-refractivity contribution < 1.29 is 0 Å². The summed E-state index contributed by atoms with van der Waals surface area (Å²) in [6, 6.07) is 0.798. The molecule has 10 heavy (non-hydrogen) atoms. The average molecular weight is 142 g/mol. The fourth-order valence-electron chi connectivity index (χ4n) is 1.36. The van der Waals surface area contributed by atoms with E-state index in [-0.39, 0.29) is 0 Å². The zero-order chi connectivity index (χ0) is 7.40. The van der Waals surface area contributed by atoms with E-state index in [2.05, 4.69) is 12.2 Å². The van der Waals surface area contributed by atoms with Crippen LogP contribution >= 0.6 is 0 Å². The molecule has 2 unspecified atom stereocenters. The van der Waals surface area contributed by atoms with Crippen LogP contribution in [-0.4, -0.2) is 19.1 Å². The van der Waals surface area contributed by atoms with Gasteiger partial charge in [0, 0.05) is 6.04 Å². The maximum absolute atomic E-state index is 5.37. The van der Waals surface area contributed by atoms with Gasteiger partial charge in [-0.2, -0.15) is 0 Å². The first-order valence-corrected chi connectivity index (χ1v) is 4.28. The summed E-state index contributed by atoms with van der Waals surface area (Å²) < 4.78 is 0. The first-order chi connectivity index (χ1) is 4.84. The maximum atomic E-state index is 5.37. The van der Waals surface area contributed by atoms with Gasteiger partial charge in [0.25, 0.3) is 0 Å². The molecule has 1 fully saturated rings. The molecule has 1 saturated carbocycles. The van der Waals surface area contributed by atoms with E-state index in [0.29, 0.717) is 0 Å². The predicted octanol–water partition coefficient (Wildman–Crippen LogP) is 0.723. The van der Waals surface area contributed by atoms with Crippen molar-refractivity contribution in [2.75, 3.05) is 13.1 Å². The molecule has 1 aliphatic carbocycles. The molecule has 1 rings (SSSR count). The van der Waals surface area contributed by atoms with Crippen LogP contribution in [0.15, 0.2) is 0 Å². The Morgan fingerprint density at radius 1 is 1.50 bits per heavy atom. The molecule has 2 nitrogen and oxygen atoms in total. The molecular weight excluding hydrogens is 124 g/mol. The summed E-state index contributed by atoms with van der Waals surface area (Å²) in [5.74, 6) is 0.901. The van der Waals surface area contributed by atoms with Gasteiger partial charge in [-0.1, -0.05) is 6.92 Å². The molecule has 2 atom stereocenters. The molecule has 0 radical (unpaired) electrons. The van der Waals surface area contributed by atoms with Crippen molar-refractivity contribution in [3.05, 3.63) is 0 Å². The third kappa shape index (κ3) is 1.96. The van der Waals surface area contributed by atoms with E-state index in [4.69, 9.17) is 5.73 Å². The van der Waals surface area contributed by atoms with Gasteiger partial charge in [-0.15, -0.1) is 0 Å². The molecule has 3 N–H and O–H groups in total. The maximum Gasteiger partial charge on any atom is 0.00928 e. The minimum absolute atomic E-state index is 0.798. The van der Waals surface area contributed by atoms with Crippen molar-refractivity contribution in [1.29, 1.82) is 0 Å². The van der Waals surface area contributed by atoms with E-state index >= 15 is 0 Å². The summed E-state index contributed by atoms with van der Waals surface area (Å²) in [5, 5.41) is 3.49. The molecule has 0 aromatic rings. The SMILES string of the molecule is CC1CCC1NCCCN. The minimum Gasteiger partial charge on any atom is -0.330 e. The molecule has 0 amide bonds. The van der Waals surface area contributed by atoms with Gasteiger partial charge in [0.15, 0.2) is 0 Å². The Labute approximate surface area is 63.2 Å². The minimum atomic E-state index is 0.798. The zero-order valence-corrected chi connectivity index (χ0v) is 6.77. The summed E-state index contributed by atoms with van der Waals surface area (Å²) >= 11 is 0. The lowest BCUT2D eigenvalue weighted by atomic mass is 9.81. The molecular formula is C8H18N2. The van der Waals surface area contributed by atoms with Gasteiger partial charge in [0.2, 0.25) is 0 Å². The van der Waals surface area contributed by atoms with Gasteiger partial charge in [-0.3, -0.25) is 0 Å². The highest BCUT2D eigenvalue weighted by Crippen LogP contribution is 2.25. The first-order valence-electron chi connectivity index (χ1n) is 4.28. The van der Waals surface area contributed by atoms with Crippen molar-refractivity contribution in [2.45, 2.75) is 32.2 Å². The van der Waals surface area contributed by atoms with Crippen molar-refractivity contribution in [3.63, 3.8) is 0 Å². The fraction of sp³-hybridized carbons (Fsp3) is 1.00. The Morgan fingerprint density at radius 2 is 2.30 bits per heavy atom. The molecule has 1 aliphatic rings. The van der Waals surface area contributed by atoms with Crippen molar-refractivity contribution in [1.82, 2.24) is 5.32 Å². The van der Waals surface area contributed by atoms with Crippen LogP contribution in [0.1, 0.15) is 26.2 Å². The number of nitrogens with one attached hydrogen (secondary N) is 1. The van der Waals surface area contributed by atoms with Gasteiger partial charge < -0.3 is 11.1 Å². The average Bonchev–Trinajstić information content (AvgIpc) is 1.95. The number of rotatable bonds is 4. The van der Waals surface area contributed by atoms with Gasteiger partial charge >= 0.3 is 0 Å². The highest BCUT2D eigenvalue weighted by atomic mass is 14.9. The van der Waals surface area contributed by atoms with Crippen LogP contribution in [-0.2, 0) is 0 Å². The molecule has 0 aromatic heterocycles. The second kappa shape index (κ2) is 3.94. The van der Waals surface area contributed by atoms with Gasteiger partial charge in [-0.25, -0.2) is 0 Å². The highest BCUT2D eigenvalue weighted by Gasteiger charge is 2.25. The van der Waals surface area contributed by atoms with E-state index in [1.807, 2.05) is 0 Å². The van der Waals surface area contributed by atoms with E-state index in [9.17, 15) is 0 Å². The Morgan fingerprint density at radius 3 is 2.70 bits per heavy atom. The monoisotopic (exact) mass is 142 g/mol. The number of hydrogen-bond acceptors (Lipinski definition) is 2. The highest BCUT2D eigenvalue weighted by molar-refractivity contribution is 4.83. The Balaban J connectivity index is 1.92. The van der Waals surface area contributed by atoms with Crippen molar-refractivity contribution >= 4 is 0 Å². The van der Waals surface area contributed by atoms with E-state index in [1.54, 1.807) is 0 Å². The lowest BCUT2D eigenvalue weighted by Crippen LogP contribution is -2.43. The molecule has 2 heteroatoms. The number of hydrogen-bond donors (Lipinski definition) is 2. The van der Waals surface area contributed by atoms with Gasteiger partial charge in [0.1, 0.15) is 0 Å². The molecule has 0 heterocycles. The lowest BCUT2D eigenvalue weighted by Gasteiger charge is -2.34. The summed E-state index contributed by atoms with van der Waals surface area (Å²) in [5.41, 5.74) is 5.37. The molecule has 0 aromatic carbocycles. The molecule has 0 bridgehead atoms. The summed E-state index contributed by atoms with van der Waals surface area (Å²) in [6.07, 6.45) is 3.88. The fourth-order valence-corrected chi connectivity index (χ4v) is 1.36. The smallest absolute Gasteiger partial charge is 0.00928 e. The molecule has 60 valence electrons. The predicted molar refractivity (Wildman–Crippen MR) is 43.9 cm³/mol. The standard InChI is InChI=1S/C8H18N2/c1-7-3-4-8(7)10-6-2-5-9/h7-8,10H,2-6,9H2,1H3. The topological polar surface area (TPSA) is 38.0 Å². The Bertz CT molecular complexity index is 93.3. The summed E-state index contributed by atoms with van der Waals surface area (Å²) in [4.78, 5) is 0. The van der Waals surface area contributed by atoms with Crippen LogP contribution in [0.2, 0.25) is 0 Å². The van der Waals surface area contributed by atoms with Gasteiger partial charge in [0.05, 0.1) is 0 Å². The van der Waals surface area contributed by atoms with Gasteiger partial charge in [-0.05, 0) is 38.3 Å². The van der Waals surface area contributed by atoms with Crippen LogP contribution in [0.5, 0.6) is 0 Å². The van der Waals surface area contributed by atoms with Crippen LogP contribution in [0, 0.1) is 5.92 Å². The Hall–Kier alpha value is -0.0800. The quantitative estimate of drug-likeness (QED) is 0.568. The molecule has 0 spiro atoms. The third-order valence-electron chi connectivity index (χ3n) is 2.41. The second-order valence-electron chi connectivity index (χ2n) is 3.26. The normalized spacial score (nSPS) is 31.8. The Kier molecular flexibility index (Phi) is 3.16. The van der Waals surface area contributed by atoms with E-state index < -0.39 is 0 Å². The largest absolute Gasteiger partial charge is 0.330 e. The van der Waals surface area contributed by atoms with E-state index in [0.717, 1.165) is 31.5 Å². The zero-order valence-electron chi connectivity index (χ0n) is 6.77. The van der Waals surface area contributed by atoms with Crippen LogP contribution in [0.3, 0.4) is 0 Å². The lowest BCUT2D eigenvalue weighted by molar-refractivity contribution is 0.230. The first kappa shape index (κ1) is 8.02. The molecule has 0 aliphatic heterocycles. The summed E-state index contributed by atoms with van der Waals surface area (Å²) in [6.45, 7) is 4.23. The third-order valence-corrected chi connectivity index (χ3v) is 2.41. The summed E-state index contributed by atoms with van der Waals surface area (Å²) in [7, 11) is 0. The van der Waals surface area contributed by atoms with Crippen molar-refractivity contribution in [3.8, 4) is 0 Å². The van der Waals surface area contributed by atoms with Crippen LogP contribution in [0.25, 0.3) is 0 Å². The van der Waals surface area contributed by atoms with E-state index in [1.165, 1.54) is 12.8 Å². The van der Waals surface area contributed by atoms with Crippen LogP contribution < -0.4 is 11.1 Å². The van der Waals surface area contributed by atoms with Crippen LogP contribution in [0.4, 0.5) is 0 Å². The number of nitrogens with two attached hydrogens (primary N) is 1. The molecule has 0 saturated heterocycles. The van der Waals surface area contributed by atoms with Crippen molar-refractivity contribution in [2.24, 2.45) is 11.7 Å².